The molecular weight excluding hydrogens is 196 g/mol. The molecule has 0 aliphatic heterocycles. The first-order chi connectivity index (χ1) is 7.79. The summed E-state index contributed by atoms with van der Waals surface area (Å²) in [6.45, 7) is 5.59. The number of aliphatic hydroxyl groups is 1. The van der Waals surface area contributed by atoms with Gasteiger partial charge in [-0.15, -0.1) is 6.58 Å². The number of rotatable bonds is 5. The highest BCUT2D eigenvalue weighted by Gasteiger charge is 2.08. The minimum Gasteiger partial charge on any atom is -0.384 e. The second-order valence-electron chi connectivity index (χ2n) is 3.52. The first kappa shape index (κ1) is 12.5. The standard InChI is InChI=1S/C15H18O/c1-3-5-12-14(15(16)9-4-2)13-10-7-6-8-11-13/h3-4,6-12,15-16H,1,5H2,2H3. The van der Waals surface area contributed by atoms with Gasteiger partial charge in [-0.2, -0.15) is 0 Å². The smallest absolute Gasteiger partial charge is 0.0974 e. The SMILES string of the molecule is C=CCC=C(c1ccccc1)C(O)C=CC. The van der Waals surface area contributed by atoms with Gasteiger partial charge in [-0.05, 0) is 24.5 Å². The lowest BCUT2D eigenvalue weighted by atomic mass is 9.99. The Balaban J connectivity index is 3.01. The molecule has 0 amide bonds. The Bertz CT molecular complexity index is 374. The maximum Gasteiger partial charge on any atom is 0.0974 e. The molecule has 0 aromatic heterocycles. The van der Waals surface area contributed by atoms with Crippen molar-refractivity contribution in [1.82, 2.24) is 0 Å². The van der Waals surface area contributed by atoms with E-state index in [0.717, 1.165) is 17.6 Å². The molecule has 1 heteroatoms. The van der Waals surface area contributed by atoms with Crippen LogP contribution in [0, 0.1) is 0 Å². The Morgan fingerprint density at radius 3 is 2.62 bits per heavy atom. The van der Waals surface area contributed by atoms with Crippen molar-refractivity contribution in [2.45, 2.75) is 19.4 Å². The van der Waals surface area contributed by atoms with Crippen molar-refractivity contribution < 1.29 is 5.11 Å². The molecule has 16 heavy (non-hydrogen) atoms. The lowest BCUT2D eigenvalue weighted by molar-refractivity contribution is 0.280. The van der Waals surface area contributed by atoms with Crippen LogP contribution in [0.4, 0.5) is 0 Å². The number of aliphatic hydroxyl groups excluding tert-OH is 1. The highest BCUT2D eigenvalue weighted by molar-refractivity contribution is 5.70. The average molecular weight is 214 g/mol. The third-order valence-corrected chi connectivity index (χ3v) is 2.30. The summed E-state index contributed by atoms with van der Waals surface area (Å²) < 4.78 is 0. The summed E-state index contributed by atoms with van der Waals surface area (Å²) in [5.74, 6) is 0. The molecule has 0 aliphatic rings. The fourth-order valence-corrected chi connectivity index (χ4v) is 1.54. The van der Waals surface area contributed by atoms with Crippen LogP contribution >= 0.6 is 0 Å². The summed E-state index contributed by atoms with van der Waals surface area (Å²) >= 11 is 0. The van der Waals surface area contributed by atoms with Crippen molar-refractivity contribution in [3.05, 3.63) is 66.8 Å². The highest BCUT2D eigenvalue weighted by atomic mass is 16.3. The molecule has 0 spiro atoms. The van der Waals surface area contributed by atoms with Crippen molar-refractivity contribution in [1.29, 1.82) is 0 Å². The molecule has 1 unspecified atom stereocenters. The minimum atomic E-state index is -0.549. The zero-order chi connectivity index (χ0) is 11.8. The molecule has 1 aromatic carbocycles. The Kier molecular flexibility index (Phi) is 5.30. The van der Waals surface area contributed by atoms with E-state index >= 15 is 0 Å². The van der Waals surface area contributed by atoms with Crippen LogP contribution in [-0.4, -0.2) is 11.2 Å². The van der Waals surface area contributed by atoms with E-state index in [-0.39, 0.29) is 0 Å². The van der Waals surface area contributed by atoms with E-state index in [4.69, 9.17) is 0 Å². The third-order valence-electron chi connectivity index (χ3n) is 2.30. The minimum absolute atomic E-state index is 0.549. The van der Waals surface area contributed by atoms with E-state index in [0.29, 0.717) is 0 Å². The van der Waals surface area contributed by atoms with Gasteiger partial charge in [-0.1, -0.05) is 54.6 Å². The number of benzene rings is 1. The van der Waals surface area contributed by atoms with Crippen LogP contribution in [-0.2, 0) is 0 Å². The Labute approximate surface area is 97.4 Å². The third kappa shape index (κ3) is 3.52. The summed E-state index contributed by atoms with van der Waals surface area (Å²) in [6, 6.07) is 9.92. The lowest BCUT2D eigenvalue weighted by Crippen LogP contribution is -2.05. The van der Waals surface area contributed by atoms with Crippen LogP contribution in [0.5, 0.6) is 0 Å². The molecule has 0 fully saturated rings. The fraction of sp³-hybridized carbons (Fsp3) is 0.200. The molecule has 0 saturated heterocycles. The molecule has 1 nitrogen and oxygen atoms in total. The normalized spacial score (nSPS) is 14.0. The second kappa shape index (κ2) is 6.81. The predicted octanol–water partition coefficient (Wildman–Crippen LogP) is 3.58. The number of hydrogen-bond acceptors (Lipinski definition) is 1. The molecule has 0 saturated carbocycles. The van der Waals surface area contributed by atoms with E-state index in [1.54, 1.807) is 6.08 Å². The largest absolute Gasteiger partial charge is 0.384 e. The van der Waals surface area contributed by atoms with Gasteiger partial charge in [-0.25, -0.2) is 0 Å². The van der Waals surface area contributed by atoms with E-state index in [2.05, 4.69) is 6.58 Å². The summed E-state index contributed by atoms with van der Waals surface area (Å²) in [7, 11) is 0. The van der Waals surface area contributed by atoms with Crippen molar-refractivity contribution in [3.63, 3.8) is 0 Å². The van der Waals surface area contributed by atoms with Crippen LogP contribution in [0.25, 0.3) is 5.57 Å². The highest BCUT2D eigenvalue weighted by Crippen LogP contribution is 2.20. The maximum atomic E-state index is 10.00. The van der Waals surface area contributed by atoms with Crippen molar-refractivity contribution in [2.75, 3.05) is 0 Å². The average Bonchev–Trinajstić information content (AvgIpc) is 2.31. The molecule has 84 valence electrons. The Morgan fingerprint density at radius 2 is 2.06 bits per heavy atom. The van der Waals surface area contributed by atoms with Crippen LogP contribution in [0.2, 0.25) is 0 Å². The molecule has 1 rings (SSSR count). The zero-order valence-electron chi connectivity index (χ0n) is 9.63. The van der Waals surface area contributed by atoms with Crippen LogP contribution in [0.3, 0.4) is 0 Å². The van der Waals surface area contributed by atoms with Crippen molar-refractivity contribution in [3.8, 4) is 0 Å². The molecule has 0 bridgehead atoms. The van der Waals surface area contributed by atoms with Gasteiger partial charge in [0.05, 0.1) is 6.10 Å². The summed E-state index contributed by atoms with van der Waals surface area (Å²) in [4.78, 5) is 0. The van der Waals surface area contributed by atoms with E-state index < -0.39 is 6.10 Å². The molecule has 0 radical (unpaired) electrons. The van der Waals surface area contributed by atoms with Crippen molar-refractivity contribution in [2.24, 2.45) is 0 Å². The van der Waals surface area contributed by atoms with Gasteiger partial charge in [0, 0.05) is 0 Å². The number of hydrogen-bond donors (Lipinski definition) is 1. The number of allylic oxidation sites excluding steroid dienone is 3. The van der Waals surface area contributed by atoms with Crippen LogP contribution < -0.4 is 0 Å². The van der Waals surface area contributed by atoms with Gasteiger partial charge in [0.25, 0.3) is 0 Å². The summed E-state index contributed by atoms with van der Waals surface area (Å²) in [5.41, 5.74) is 1.98. The van der Waals surface area contributed by atoms with E-state index in [1.807, 2.05) is 55.5 Å². The Morgan fingerprint density at radius 1 is 1.38 bits per heavy atom. The second-order valence-corrected chi connectivity index (χ2v) is 3.52. The van der Waals surface area contributed by atoms with Crippen LogP contribution in [0.15, 0.2) is 61.2 Å². The predicted molar refractivity (Wildman–Crippen MR) is 70.1 cm³/mol. The molecule has 1 N–H and O–H groups in total. The summed E-state index contributed by atoms with van der Waals surface area (Å²) in [5, 5.41) is 10.00. The van der Waals surface area contributed by atoms with Gasteiger partial charge < -0.3 is 5.11 Å². The van der Waals surface area contributed by atoms with Gasteiger partial charge in [0.15, 0.2) is 0 Å². The summed E-state index contributed by atoms with van der Waals surface area (Å²) in [6.07, 6.45) is 7.68. The zero-order valence-corrected chi connectivity index (χ0v) is 9.63. The van der Waals surface area contributed by atoms with E-state index in [9.17, 15) is 5.11 Å². The molecule has 1 aromatic rings. The Hall–Kier alpha value is -1.60. The van der Waals surface area contributed by atoms with E-state index in [1.165, 1.54) is 0 Å². The first-order valence-corrected chi connectivity index (χ1v) is 5.46. The lowest BCUT2D eigenvalue weighted by Gasteiger charge is -2.11. The van der Waals surface area contributed by atoms with Gasteiger partial charge in [-0.3, -0.25) is 0 Å². The monoisotopic (exact) mass is 214 g/mol. The molecule has 0 aliphatic carbocycles. The molecule has 0 heterocycles. The van der Waals surface area contributed by atoms with Gasteiger partial charge in [0.1, 0.15) is 0 Å². The molecular formula is C15H18O. The first-order valence-electron chi connectivity index (χ1n) is 5.46. The van der Waals surface area contributed by atoms with Gasteiger partial charge >= 0.3 is 0 Å². The van der Waals surface area contributed by atoms with Crippen molar-refractivity contribution >= 4 is 5.57 Å². The maximum absolute atomic E-state index is 10.00. The molecule has 1 atom stereocenters. The fourth-order valence-electron chi connectivity index (χ4n) is 1.54. The van der Waals surface area contributed by atoms with Gasteiger partial charge in [0.2, 0.25) is 0 Å². The van der Waals surface area contributed by atoms with Crippen LogP contribution in [0.1, 0.15) is 18.9 Å². The topological polar surface area (TPSA) is 20.2 Å². The quantitative estimate of drug-likeness (QED) is 0.743.